The van der Waals surface area contributed by atoms with Gasteiger partial charge >= 0.3 is 5.97 Å². The van der Waals surface area contributed by atoms with Crippen LogP contribution in [0.15, 0.2) is 24.3 Å². The summed E-state index contributed by atoms with van der Waals surface area (Å²) < 4.78 is 16.0. The Hall–Kier alpha value is -1.75. The standard InChI is InChI=1S/C14H19NO4/c1-10(2)17-7-8-18-14(16)13-9-15-11-5-3-4-6-12(11)19-13/h3-6,10,13,15H,7-9H2,1-2H3. The zero-order valence-electron chi connectivity index (χ0n) is 11.2. The van der Waals surface area contributed by atoms with Crippen molar-refractivity contribution in [2.24, 2.45) is 0 Å². The minimum absolute atomic E-state index is 0.137. The number of hydrogen-bond donors (Lipinski definition) is 1. The van der Waals surface area contributed by atoms with Crippen LogP contribution < -0.4 is 10.1 Å². The van der Waals surface area contributed by atoms with Crippen molar-refractivity contribution < 1.29 is 19.0 Å². The normalized spacial score (nSPS) is 17.3. The second-order valence-electron chi connectivity index (χ2n) is 4.57. The van der Waals surface area contributed by atoms with Crippen molar-refractivity contribution in [3.63, 3.8) is 0 Å². The molecule has 0 aliphatic carbocycles. The van der Waals surface area contributed by atoms with Crippen LogP contribution in [0.5, 0.6) is 5.75 Å². The van der Waals surface area contributed by atoms with Crippen LogP contribution in [0, 0.1) is 0 Å². The van der Waals surface area contributed by atoms with Crippen LogP contribution in [0.2, 0.25) is 0 Å². The largest absolute Gasteiger partial charge is 0.475 e. The topological polar surface area (TPSA) is 56.8 Å². The molecule has 1 aromatic rings. The van der Waals surface area contributed by atoms with Gasteiger partial charge < -0.3 is 19.5 Å². The maximum absolute atomic E-state index is 11.8. The van der Waals surface area contributed by atoms with Crippen molar-refractivity contribution in [2.75, 3.05) is 25.1 Å². The van der Waals surface area contributed by atoms with Gasteiger partial charge in [-0.15, -0.1) is 0 Å². The lowest BCUT2D eigenvalue weighted by molar-refractivity contribution is -0.153. The number of para-hydroxylation sites is 2. The summed E-state index contributed by atoms with van der Waals surface area (Å²) in [6.45, 7) is 4.94. The zero-order valence-corrected chi connectivity index (χ0v) is 11.2. The van der Waals surface area contributed by atoms with Crippen LogP contribution in [0.25, 0.3) is 0 Å². The van der Waals surface area contributed by atoms with Gasteiger partial charge in [-0.25, -0.2) is 4.79 Å². The van der Waals surface area contributed by atoms with Gasteiger partial charge in [0.25, 0.3) is 0 Å². The zero-order chi connectivity index (χ0) is 13.7. The lowest BCUT2D eigenvalue weighted by Crippen LogP contribution is -2.39. The maximum Gasteiger partial charge on any atom is 0.349 e. The number of nitrogens with one attached hydrogen (secondary N) is 1. The molecule has 0 saturated carbocycles. The number of esters is 1. The first-order valence-corrected chi connectivity index (χ1v) is 6.44. The SMILES string of the molecule is CC(C)OCCOC(=O)C1CNc2ccccc2O1. The molecule has 19 heavy (non-hydrogen) atoms. The highest BCUT2D eigenvalue weighted by Crippen LogP contribution is 2.28. The van der Waals surface area contributed by atoms with E-state index in [9.17, 15) is 4.79 Å². The highest BCUT2D eigenvalue weighted by atomic mass is 16.6. The van der Waals surface area contributed by atoms with Crippen LogP contribution >= 0.6 is 0 Å². The summed E-state index contributed by atoms with van der Waals surface area (Å²) >= 11 is 0. The lowest BCUT2D eigenvalue weighted by atomic mass is 10.2. The van der Waals surface area contributed by atoms with Gasteiger partial charge in [-0.1, -0.05) is 12.1 Å². The Balaban J connectivity index is 1.79. The van der Waals surface area contributed by atoms with Gasteiger partial charge in [0.15, 0.2) is 0 Å². The second kappa shape index (κ2) is 6.43. The van der Waals surface area contributed by atoms with Crippen molar-refractivity contribution in [3.8, 4) is 5.75 Å². The Morgan fingerprint density at radius 3 is 3.00 bits per heavy atom. The number of fused-ring (bicyclic) bond motifs is 1. The fourth-order valence-corrected chi connectivity index (χ4v) is 1.76. The smallest absolute Gasteiger partial charge is 0.349 e. The summed E-state index contributed by atoms with van der Waals surface area (Å²) in [7, 11) is 0. The van der Waals surface area contributed by atoms with Crippen LogP contribution in [0.3, 0.4) is 0 Å². The van der Waals surface area contributed by atoms with Crippen LogP contribution in [0.1, 0.15) is 13.8 Å². The number of carbonyl (C=O) groups excluding carboxylic acids is 1. The van der Waals surface area contributed by atoms with Crippen LogP contribution in [0.4, 0.5) is 5.69 Å². The fraction of sp³-hybridized carbons (Fsp3) is 0.500. The fourth-order valence-electron chi connectivity index (χ4n) is 1.76. The Labute approximate surface area is 112 Å². The third kappa shape index (κ3) is 3.86. The number of anilines is 1. The molecular formula is C14H19NO4. The molecule has 1 unspecified atom stereocenters. The highest BCUT2D eigenvalue weighted by molar-refractivity contribution is 5.77. The van der Waals surface area contributed by atoms with Crippen molar-refractivity contribution in [1.29, 1.82) is 0 Å². The Morgan fingerprint density at radius 1 is 1.42 bits per heavy atom. The first kappa shape index (κ1) is 13.7. The quantitative estimate of drug-likeness (QED) is 0.650. The van der Waals surface area contributed by atoms with Gasteiger partial charge in [0, 0.05) is 0 Å². The first-order chi connectivity index (χ1) is 9.16. The van der Waals surface area contributed by atoms with Crippen molar-refractivity contribution in [1.82, 2.24) is 0 Å². The number of hydrogen-bond acceptors (Lipinski definition) is 5. The minimum Gasteiger partial charge on any atom is -0.475 e. The van der Waals surface area contributed by atoms with E-state index in [1.807, 2.05) is 38.1 Å². The minimum atomic E-state index is -0.603. The van der Waals surface area contributed by atoms with Gasteiger partial charge in [0.05, 0.1) is 24.9 Å². The van der Waals surface area contributed by atoms with E-state index in [1.54, 1.807) is 0 Å². The van der Waals surface area contributed by atoms with E-state index < -0.39 is 6.10 Å². The van der Waals surface area contributed by atoms with Crippen molar-refractivity contribution in [2.45, 2.75) is 26.1 Å². The second-order valence-corrected chi connectivity index (χ2v) is 4.57. The predicted molar refractivity (Wildman–Crippen MR) is 71.4 cm³/mol. The first-order valence-electron chi connectivity index (χ1n) is 6.44. The van der Waals surface area contributed by atoms with E-state index in [-0.39, 0.29) is 18.7 Å². The molecule has 2 rings (SSSR count). The summed E-state index contributed by atoms with van der Waals surface area (Å²) in [4.78, 5) is 11.8. The molecule has 0 bridgehead atoms. The molecule has 0 aromatic heterocycles. The van der Waals surface area contributed by atoms with Gasteiger partial charge in [-0.2, -0.15) is 0 Å². The Morgan fingerprint density at radius 2 is 2.21 bits per heavy atom. The molecule has 1 aliphatic heterocycles. The Kier molecular flexibility index (Phi) is 4.63. The molecule has 0 radical (unpaired) electrons. The molecule has 1 heterocycles. The molecule has 5 heteroatoms. The molecule has 0 saturated heterocycles. The average Bonchev–Trinajstić information content (AvgIpc) is 2.42. The van der Waals surface area contributed by atoms with Gasteiger partial charge in [0.2, 0.25) is 6.10 Å². The molecule has 1 aliphatic rings. The monoisotopic (exact) mass is 265 g/mol. The molecule has 0 spiro atoms. The van der Waals surface area contributed by atoms with E-state index in [1.165, 1.54) is 0 Å². The third-order valence-electron chi connectivity index (χ3n) is 2.68. The van der Waals surface area contributed by atoms with E-state index in [0.29, 0.717) is 18.9 Å². The molecular weight excluding hydrogens is 246 g/mol. The number of rotatable bonds is 5. The highest BCUT2D eigenvalue weighted by Gasteiger charge is 2.26. The van der Waals surface area contributed by atoms with Gasteiger partial charge in [0.1, 0.15) is 12.4 Å². The Bertz CT molecular complexity index is 433. The molecule has 1 aromatic carbocycles. The molecule has 104 valence electrons. The van der Waals surface area contributed by atoms with E-state index in [4.69, 9.17) is 14.2 Å². The summed E-state index contributed by atoms with van der Waals surface area (Å²) in [5.41, 5.74) is 0.898. The van der Waals surface area contributed by atoms with E-state index in [0.717, 1.165) is 5.69 Å². The van der Waals surface area contributed by atoms with Crippen molar-refractivity contribution >= 4 is 11.7 Å². The number of ether oxygens (including phenoxy) is 3. The summed E-state index contributed by atoms with van der Waals surface area (Å²) in [5.74, 6) is 0.309. The van der Waals surface area contributed by atoms with E-state index >= 15 is 0 Å². The van der Waals surface area contributed by atoms with Crippen LogP contribution in [-0.2, 0) is 14.3 Å². The van der Waals surface area contributed by atoms with Crippen LogP contribution in [-0.4, -0.2) is 37.9 Å². The summed E-state index contributed by atoms with van der Waals surface area (Å²) in [6, 6.07) is 7.51. The molecule has 0 amide bonds. The predicted octanol–water partition coefficient (Wildman–Crippen LogP) is 1.83. The van der Waals surface area contributed by atoms with Gasteiger partial charge in [-0.3, -0.25) is 0 Å². The lowest BCUT2D eigenvalue weighted by Gasteiger charge is -2.25. The number of benzene rings is 1. The average molecular weight is 265 g/mol. The summed E-state index contributed by atoms with van der Waals surface area (Å²) in [5, 5.41) is 3.15. The van der Waals surface area contributed by atoms with E-state index in [2.05, 4.69) is 5.32 Å². The summed E-state index contributed by atoms with van der Waals surface area (Å²) in [6.07, 6.45) is -0.466. The van der Waals surface area contributed by atoms with Crippen molar-refractivity contribution in [3.05, 3.63) is 24.3 Å². The molecule has 0 fully saturated rings. The molecule has 1 N–H and O–H groups in total. The third-order valence-corrected chi connectivity index (χ3v) is 2.68. The van der Waals surface area contributed by atoms with Gasteiger partial charge in [-0.05, 0) is 26.0 Å². The molecule has 1 atom stereocenters. The maximum atomic E-state index is 11.8. The number of carbonyl (C=O) groups is 1. The molecule has 5 nitrogen and oxygen atoms in total.